The summed E-state index contributed by atoms with van der Waals surface area (Å²) in [7, 11) is 3.29. The molecule has 0 bridgehead atoms. The van der Waals surface area contributed by atoms with Gasteiger partial charge in [-0.15, -0.1) is 0 Å². The van der Waals surface area contributed by atoms with Gasteiger partial charge in [-0.2, -0.15) is 0 Å². The summed E-state index contributed by atoms with van der Waals surface area (Å²) in [6.07, 6.45) is 13.2. The number of ether oxygens (including phenoxy) is 3. The summed E-state index contributed by atoms with van der Waals surface area (Å²) in [6.45, 7) is 3.07. The van der Waals surface area contributed by atoms with E-state index in [0.717, 1.165) is 24.3 Å². The smallest absolute Gasteiger partial charge is 0.183 e. The maximum Gasteiger partial charge on any atom is 0.183 e. The fraction of sp³-hybridized carbons (Fsp3) is 0.714. The van der Waals surface area contributed by atoms with Crippen LogP contribution in [-0.2, 0) is 9.47 Å². The first-order valence-electron chi connectivity index (χ1n) is 9.60. The zero-order valence-corrected chi connectivity index (χ0v) is 15.9. The van der Waals surface area contributed by atoms with Crippen LogP contribution in [-0.4, -0.2) is 20.8 Å². The first kappa shape index (κ1) is 21.0. The number of rotatable bonds is 15. The lowest BCUT2D eigenvalue weighted by atomic mass is 10.1. The molecule has 0 fully saturated rings. The van der Waals surface area contributed by atoms with E-state index in [9.17, 15) is 0 Å². The van der Waals surface area contributed by atoms with Crippen LogP contribution in [0.25, 0.3) is 0 Å². The van der Waals surface area contributed by atoms with Crippen LogP contribution < -0.4 is 4.74 Å². The number of benzene rings is 1. The molecule has 1 aromatic carbocycles. The molecule has 0 N–H and O–H groups in total. The monoisotopic (exact) mass is 336 g/mol. The van der Waals surface area contributed by atoms with Crippen molar-refractivity contribution in [2.45, 2.75) is 77.4 Å². The van der Waals surface area contributed by atoms with Crippen LogP contribution in [0.5, 0.6) is 5.75 Å². The molecule has 3 heteroatoms. The molecule has 0 saturated heterocycles. The lowest BCUT2D eigenvalue weighted by Crippen LogP contribution is -2.03. The first-order chi connectivity index (χ1) is 11.8. The molecule has 0 aromatic heterocycles. The fourth-order valence-corrected chi connectivity index (χ4v) is 2.87. The van der Waals surface area contributed by atoms with E-state index in [1.807, 2.05) is 24.3 Å². The predicted molar refractivity (Wildman–Crippen MR) is 101 cm³/mol. The minimum atomic E-state index is -0.305. The average Bonchev–Trinajstić information content (AvgIpc) is 2.62. The molecule has 24 heavy (non-hydrogen) atoms. The highest BCUT2D eigenvalue weighted by Crippen LogP contribution is 2.20. The van der Waals surface area contributed by atoms with E-state index in [1.165, 1.54) is 57.8 Å². The molecule has 0 aliphatic rings. The van der Waals surface area contributed by atoms with Crippen molar-refractivity contribution in [3.8, 4) is 5.75 Å². The van der Waals surface area contributed by atoms with Crippen molar-refractivity contribution in [3.63, 3.8) is 0 Å². The van der Waals surface area contributed by atoms with Crippen molar-refractivity contribution < 1.29 is 14.2 Å². The number of hydrogen-bond donors (Lipinski definition) is 0. The molecule has 138 valence electrons. The van der Waals surface area contributed by atoms with Crippen molar-refractivity contribution in [3.05, 3.63) is 29.8 Å². The third-order valence-electron chi connectivity index (χ3n) is 4.35. The fourth-order valence-electron chi connectivity index (χ4n) is 2.87. The molecule has 3 nitrogen and oxygen atoms in total. The van der Waals surface area contributed by atoms with Crippen molar-refractivity contribution in [2.75, 3.05) is 20.8 Å². The van der Waals surface area contributed by atoms with Gasteiger partial charge in [0.2, 0.25) is 0 Å². The third kappa shape index (κ3) is 9.29. The summed E-state index contributed by atoms with van der Waals surface area (Å²) in [6, 6.07) is 7.95. The molecule has 0 heterocycles. The lowest BCUT2D eigenvalue weighted by Gasteiger charge is -2.14. The van der Waals surface area contributed by atoms with E-state index < -0.39 is 0 Å². The van der Waals surface area contributed by atoms with Gasteiger partial charge in [0.1, 0.15) is 5.75 Å². The SMILES string of the molecule is CCCCCCCCCCCCOc1ccc(C(OC)OC)cc1. The van der Waals surface area contributed by atoms with Gasteiger partial charge in [-0.3, -0.25) is 0 Å². The molecule has 0 spiro atoms. The van der Waals surface area contributed by atoms with Gasteiger partial charge >= 0.3 is 0 Å². The average molecular weight is 337 g/mol. The summed E-state index contributed by atoms with van der Waals surface area (Å²) < 4.78 is 16.3. The molecule has 0 aliphatic carbocycles. The van der Waals surface area contributed by atoms with Gasteiger partial charge in [0.25, 0.3) is 0 Å². The highest BCUT2D eigenvalue weighted by Gasteiger charge is 2.08. The van der Waals surface area contributed by atoms with Crippen molar-refractivity contribution in [2.24, 2.45) is 0 Å². The highest BCUT2D eigenvalue weighted by atomic mass is 16.7. The zero-order chi connectivity index (χ0) is 17.5. The van der Waals surface area contributed by atoms with E-state index in [2.05, 4.69) is 6.92 Å². The Hall–Kier alpha value is -1.06. The highest BCUT2D eigenvalue weighted by molar-refractivity contribution is 5.27. The predicted octanol–water partition coefficient (Wildman–Crippen LogP) is 6.28. The summed E-state index contributed by atoms with van der Waals surface area (Å²) in [5.74, 6) is 0.917. The molecule has 1 rings (SSSR count). The van der Waals surface area contributed by atoms with Crippen LogP contribution >= 0.6 is 0 Å². The van der Waals surface area contributed by atoms with Gasteiger partial charge in [-0.05, 0) is 18.6 Å². The number of hydrogen-bond acceptors (Lipinski definition) is 3. The molecular formula is C21H36O3. The summed E-state index contributed by atoms with van der Waals surface area (Å²) in [4.78, 5) is 0. The van der Waals surface area contributed by atoms with E-state index in [4.69, 9.17) is 14.2 Å². The van der Waals surface area contributed by atoms with Crippen LogP contribution in [0.4, 0.5) is 0 Å². The molecule has 0 saturated carbocycles. The molecular weight excluding hydrogens is 300 g/mol. The Balaban J connectivity index is 2.01. The van der Waals surface area contributed by atoms with Gasteiger partial charge in [0.05, 0.1) is 6.61 Å². The normalized spacial score (nSPS) is 11.2. The Morgan fingerprint density at radius 1 is 0.708 bits per heavy atom. The van der Waals surface area contributed by atoms with Crippen molar-refractivity contribution in [1.29, 1.82) is 0 Å². The van der Waals surface area contributed by atoms with E-state index in [-0.39, 0.29) is 6.29 Å². The van der Waals surface area contributed by atoms with Crippen LogP contribution in [0.15, 0.2) is 24.3 Å². The van der Waals surface area contributed by atoms with E-state index in [0.29, 0.717) is 0 Å². The molecule has 0 unspecified atom stereocenters. The quantitative estimate of drug-likeness (QED) is 0.279. The van der Waals surface area contributed by atoms with Gasteiger partial charge in [0.15, 0.2) is 6.29 Å². The van der Waals surface area contributed by atoms with Crippen LogP contribution in [0, 0.1) is 0 Å². The lowest BCUT2D eigenvalue weighted by molar-refractivity contribution is -0.106. The number of unbranched alkanes of at least 4 members (excludes halogenated alkanes) is 9. The Bertz CT molecular complexity index is 385. The second kappa shape index (κ2) is 14.3. The molecule has 0 atom stereocenters. The van der Waals surface area contributed by atoms with Crippen LogP contribution in [0.2, 0.25) is 0 Å². The number of methoxy groups -OCH3 is 2. The largest absolute Gasteiger partial charge is 0.494 e. The molecule has 0 amide bonds. The molecule has 0 aliphatic heterocycles. The van der Waals surface area contributed by atoms with Crippen LogP contribution in [0.3, 0.4) is 0 Å². The van der Waals surface area contributed by atoms with E-state index >= 15 is 0 Å². The minimum absolute atomic E-state index is 0.305. The maximum absolute atomic E-state index is 5.80. The van der Waals surface area contributed by atoms with Gasteiger partial charge in [-0.25, -0.2) is 0 Å². The molecule has 0 radical (unpaired) electrons. The Morgan fingerprint density at radius 2 is 1.21 bits per heavy atom. The van der Waals surface area contributed by atoms with Gasteiger partial charge in [-0.1, -0.05) is 76.8 Å². The first-order valence-corrected chi connectivity index (χ1v) is 9.60. The van der Waals surface area contributed by atoms with Crippen molar-refractivity contribution in [1.82, 2.24) is 0 Å². The van der Waals surface area contributed by atoms with Gasteiger partial charge in [0, 0.05) is 19.8 Å². The standard InChI is InChI=1S/C21H36O3/c1-4-5-6-7-8-9-10-11-12-13-18-24-20-16-14-19(15-17-20)21(22-2)23-3/h14-17,21H,4-13,18H2,1-3H3. The van der Waals surface area contributed by atoms with Crippen molar-refractivity contribution >= 4 is 0 Å². The van der Waals surface area contributed by atoms with Crippen LogP contribution in [0.1, 0.15) is 83.0 Å². The maximum atomic E-state index is 5.80. The third-order valence-corrected chi connectivity index (χ3v) is 4.35. The topological polar surface area (TPSA) is 27.7 Å². The second-order valence-corrected chi connectivity index (χ2v) is 6.40. The van der Waals surface area contributed by atoms with E-state index in [1.54, 1.807) is 14.2 Å². The Kier molecular flexibility index (Phi) is 12.5. The Labute approximate surface area is 148 Å². The van der Waals surface area contributed by atoms with Gasteiger partial charge < -0.3 is 14.2 Å². The second-order valence-electron chi connectivity index (χ2n) is 6.40. The Morgan fingerprint density at radius 3 is 1.71 bits per heavy atom. The summed E-state index contributed by atoms with van der Waals surface area (Å²) >= 11 is 0. The summed E-state index contributed by atoms with van der Waals surface area (Å²) in [5, 5.41) is 0. The summed E-state index contributed by atoms with van der Waals surface area (Å²) in [5.41, 5.74) is 1.01. The minimum Gasteiger partial charge on any atom is -0.494 e. The zero-order valence-electron chi connectivity index (χ0n) is 15.9. The molecule has 1 aromatic rings.